The molecule has 0 fully saturated rings. The molecule has 0 radical (unpaired) electrons. The van der Waals surface area contributed by atoms with Crippen molar-refractivity contribution in [3.8, 4) is 11.4 Å². The fraction of sp³-hybridized carbons (Fsp3) is 0. The van der Waals surface area contributed by atoms with Crippen molar-refractivity contribution < 1.29 is 4.98 Å². The predicted molar refractivity (Wildman–Crippen MR) is 75.6 cm³/mol. The molecule has 0 amide bonds. The molecule has 4 rings (SSSR count). The molecule has 3 heteroatoms. The third kappa shape index (κ3) is 1.67. The molecule has 0 saturated carbocycles. The van der Waals surface area contributed by atoms with Crippen molar-refractivity contribution in [1.29, 1.82) is 0 Å². The van der Waals surface area contributed by atoms with Crippen LogP contribution in [0.2, 0.25) is 0 Å². The summed E-state index contributed by atoms with van der Waals surface area (Å²) < 4.78 is 0. The van der Waals surface area contributed by atoms with Crippen molar-refractivity contribution in [2.45, 2.75) is 0 Å². The second kappa shape index (κ2) is 3.92. The van der Waals surface area contributed by atoms with E-state index in [1.165, 1.54) is 10.8 Å². The van der Waals surface area contributed by atoms with E-state index in [-0.39, 0.29) is 0 Å². The van der Waals surface area contributed by atoms with Crippen molar-refractivity contribution in [1.82, 2.24) is 9.97 Å². The number of nitrogens with one attached hydrogen (secondary N) is 2. The summed E-state index contributed by atoms with van der Waals surface area (Å²) >= 11 is 0. The van der Waals surface area contributed by atoms with Crippen LogP contribution < -0.4 is 4.98 Å². The second-order valence-corrected chi connectivity index (χ2v) is 4.59. The average molecular weight is 246 g/mol. The van der Waals surface area contributed by atoms with Gasteiger partial charge < -0.3 is 4.98 Å². The van der Waals surface area contributed by atoms with Crippen LogP contribution in [0.4, 0.5) is 0 Å². The molecule has 0 aliphatic carbocycles. The molecule has 0 aliphatic heterocycles. The largest absolute Gasteiger partial charge is 0.333 e. The third-order valence-electron chi connectivity index (χ3n) is 3.35. The quantitative estimate of drug-likeness (QED) is 0.550. The highest BCUT2D eigenvalue weighted by Crippen LogP contribution is 2.23. The summed E-state index contributed by atoms with van der Waals surface area (Å²) in [5.74, 6) is 0.903. The van der Waals surface area contributed by atoms with E-state index in [4.69, 9.17) is 0 Å². The van der Waals surface area contributed by atoms with Gasteiger partial charge in [-0.25, -0.2) is 9.97 Å². The van der Waals surface area contributed by atoms with Gasteiger partial charge in [0, 0.05) is 11.6 Å². The molecule has 0 bridgehead atoms. The highest BCUT2D eigenvalue weighted by Gasteiger charge is 2.07. The average Bonchev–Trinajstić information content (AvgIpc) is 2.90. The van der Waals surface area contributed by atoms with E-state index in [9.17, 15) is 0 Å². The zero-order valence-electron chi connectivity index (χ0n) is 10.2. The lowest BCUT2D eigenvalue weighted by Crippen LogP contribution is -1.96. The van der Waals surface area contributed by atoms with Crippen molar-refractivity contribution in [3.05, 3.63) is 60.9 Å². The number of H-pyrrole nitrogens is 2. The van der Waals surface area contributed by atoms with Crippen LogP contribution in [0.1, 0.15) is 0 Å². The van der Waals surface area contributed by atoms with E-state index >= 15 is 0 Å². The molecule has 2 N–H and O–H groups in total. The Hall–Kier alpha value is -2.68. The van der Waals surface area contributed by atoms with Crippen LogP contribution in [0.25, 0.3) is 33.2 Å². The summed E-state index contributed by atoms with van der Waals surface area (Å²) in [6, 6.07) is 16.7. The van der Waals surface area contributed by atoms with Crippen molar-refractivity contribution in [3.63, 3.8) is 0 Å². The number of imidazole rings is 1. The van der Waals surface area contributed by atoms with Gasteiger partial charge in [-0.3, -0.25) is 0 Å². The van der Waals surface area contributed by atoms with Gasteiger partial charge in [0.2, 0.25) is 0 Å². The van der Waals surface area contributed by atoms with Gasteiger partial charge in [-0.1, -0.05) is 36.4 Å². The van der Waals surface area contributed by atoms with Gasteiger partial charge in [0.05, 0.1) is 0 Å². The molecule has 90 valence electrons. The molecular formula is C16H12N3+. The molecule has 0 spiro atoms. The summed E-state index contributed by atoms with van der Waals surface area (Å²) in [5.41, 5.74) is 3.10. The maximum atomic E-state index is 4.61. The molecule has 4 aromatic rings. The second-order valence-electron chi connectivity index (χ2n) is 4.59. The smallest absolute Gasteiger partial charge is 0.193 e. The van der Waals surface area contributed by atoms with E-state index in [1.807, 2.05) is 18.5 Å². The number of pyridine rings is 1. The molecule has 0 unspecified atom stereocenters. The first-order valence-corrected chi connectivity index (χ1v) is 6.25. The Morgan fingerprint density at radius 2 is 1.84 bits per heavy atom. The van der Waals surface area contributed by atoms with Crippen LogP contribution in [0.15, 0.2) is 60.9 Å². The summed E-state index contributed by atoms with van der Waals surface area (Å²) in [7, 11) is 0. The molecule has 0 atom stereocenters. The van der Waals surface area contributed by atoms with E-state index in [2.05, 4.69) is 57.4 Å². The van der Waals surface area contributed by atoms with E-state index in [0.29, 0.717) is 0 Å². The summed E-state index contributed by atoms with van der Waals surface area (Å²) in [6.07, 6.45) is 3.81. The fourth-order valence-corrected chi connectivity index (χ4v) is 2.37. The van der Waals surface area contributed by atoms with Crippen LogP contribution in [-0.4, -0.2) is 9.97 Å². The zero-order valence-corrected chi connectivity index (χ0v) is 10.2. The number of aromatic nitrogens is 3. The van der Waals surface area contributed by atoms with E-state index < -0.39 is 0 Å². The highest BCUT2D eigenvalue weighted by molar-refractivity contribution is 5.87. The predicted octanol–water partition coefficient (Wildman–Crippen LogP) is 3.20. The monoisotopic (exact) mass is 246 g/mol. The lowest BCUT2D eigenvalue weighted by Gasteiger charge is -2.00. The number of hydrogen-bond acceptors (Lipinski definition) is 1. The lowest BCUT2D eigenvalue weighted by molar-refractivity contribution is -0.376. The van der Waals surface area contributed by atoms with Gasteiger partial charge in [-0.2, -0.15) is 0 Å². The molecule has 3 nitrogen and oxygen atoms in total. The molecular weight excluding hydrogens is 234 g/mol. The van der Waals surface area contributed by atoms with Gasteiger partial charge in [0.25, 0.3) is 0 Å². The molecule has 2 heterocycles. The van der Waals surface area contributed by atoms with E-state index in [0.717, 1.165) is 22.4 Å². The van der Waals surface area contributed by atoms with Gasteiger partial charge in [-0.15, -0.1) is 0 Å². The van der Waals surface area contributed by atoms with Crippen LogP contribution >= 0.6 is 0 Å². The Labute approximate surface area is 110 Å². The first-order valence-electron chi connectivity index (χ1n) is 6.25. The molecule has 2 aromatic heterocycles. The van der Waals surface area contributed by atoms with Crippen molar-refractivity contribution in [2.24, 2.45) is 0 Å². The minimum absolute atomic E-state index is 0.903. The number of rotatable bonds is 1. The Balaban J connectivity index is 1.93. The maximum absolute atomic E-state index is 4.61. The summed E-state index contributed by atoms with van der Waals surface area (Å²) in [4.78, 5) is 11.0. The number of aromatic amines is 2. The van der Waals surface area contributed by atoms with Crippen LogP contribution in [0.3, 0.4) is 0 Å². The Kier molecular flexibility index (Phi) is 2.12. The number of fused-ring (bicyclic) bond motifs is 2. The standard InChI is InChI=1S/C16H11N3/c1-2-4-12-9-13(6-5-11(12)3-1)16-18-14-7-8-17-10-15(14)19-16/h1-10H,(H,18,19)/p+1. The normalized spacial score (nSPS) is 11.2. The minimum atomic E-state index is 0.903. The van der Waals surface area contributed by atoms with Gasteiger partial charge in [0.15, 0.2) is 12.4 Å². The SMILES string of the molecule is c1ccc2cc(-c3nc4cc[nH+]cc4[nH]3)ccc2c1. The first kappa shape index (κ1) is 10.3. The maximum Gasteiger partial charge on any atom is 0.193 e. The number of nitrogens with zero attached hydrogens (tertiary/aromatic N) is 1. The van der Waals surface area contributed by atoms with Gasteiger partial charge in [-0.05, 0) is 16.8 Å². The lowest BCUT2D eigenvalue weighted by atomic mass is 10.1. The fourth-order valence-electron chi connectivity index (χ4n) is 2.37. The first-order chi connectivity index (χ1) is 9.40. The van der Waals surface area contributed by atoms with Crippen molar-refractivity contribution >= 4 is 21.8 Å². The minimum Gasteiger partial charge on any atom is -0.333 e. The topological polar surface area (TPSA) is 42.8 Å². The van der Waals surface area contributed by atoms with Gasteiger partial charge in [0.1, 0.15) is 16.9 Å². The number of hydrogen-bond donors (Lipinski definition) is 1. The Morgan fingerprint density at radius 3 is 2.74 bits per heavy atom. The van der Waals surface area contributed by atoms with Crippen LogP contribution in [0, 0.1) is 0 Å². The third-order valence-corrected chi connectivity index (χ3v) is 3.35. The highest BCUT2D eigenvalue weighted by atomic mass is 14.9. The van der Waals surface area contributed by atoms with Crippen LogP contribution in [-0.2, 0) is 0 Å². The molecule has 19 heavy (non-hydrogen) atoms. The number of benzene rings is 2. The van der Waals surface area contributed by atoms with Crippen LogP contribution in [0.5, 0.6) is 0 Å². The summed E-state index contributed by atoms with van der Waals surface area (Å²) in [5, 5.41) is 2.47. The Bertz CT molecular complexity index is 844. The Morgan fingerprint density at radius 1 is 0.947 bits per heavy atom. The summed E-state index contributed by atoms with van der Waals surface area (Å²) in [6.45, 7) is 0. The zero-order chi connectivity index (χ0) is 12.7. The molecule has 0 saturated heterocycles. The van der Waals surface area contributed by atoms with Gasteiger partial charge >= 0.3 is 0 Å². The van der Waals surface area contributed by atoms with Crippen molar-refractivity contribution in [2.75, 3.05) is 0 Å². The molecule has 2 aromatic carbocycles. The molecule has 0 aliphatic rings. The van der Waals surface area contributed by atoms with E-state index in [1.54, 1.807) is 0 Å².